The number of aliphatic carboxylic acids is 1. The molecule has 1 heterocycles. The van der Waals surface area contributed by atoms with E-state index in [1.807, 2.05) is 0 Å². The lowest BCUT2D eigenvalue weighted by atomic mass is 10.1. The van der Waals surface area contributed by atoms with Gasteiger partial charge in [-0.05, 0) is 30.3 Å². The average Bonchev–Trinajstić information content (AvgIpc) is 3.03. The highest BCUT2D eigenvalue weighted by atomic mass is 35.5. The van der Waals surface area contributed by atoms with Crippen molar-refractivity contribution in [1.29, 1.82) is 0 Å². The molecule has 2 N–H and O–H groups in total. The lowest BCUT2D eigenvalue weighted by Crippen LogP contribution is -2.09. The van der Waals surface area contributed by atoms with Gasteiger partial charge in [-0.2, -0.15) is 0 Å². The minimum absolute atomic E-state index is 0.0935. The van der Waals surface area contributed by atoms with Gasteiger partial charge in [0.25, 0.3) is 5.78 Å². The van der Waals surface area contributed by atoms with Crippen LogP contribution in [0.15, 0.2) is 48.7 Å². The molecule has 0 aliphatic carbocycles. The van der Waals surface area contributed by atoms with Crippen LogP contribution in [0, 0.1) is 5.82 Å². The molecule has 3 aromatic rings. The summed E-state index contributed by atoms with van der Waals surface area (Å²) in [5.74, 6) is -3.54. The van der Waals surface area contributed by atoms with Crippen LogP contribution in [0.2, 0.25) is 5.02 Å². The molecule has 3 rings (SSSR count). The molecule has 28 heavy (non-hydrogen) atoms. The number of halogens is 2. The van der Waals surface area contributed by atoms with Crippen molar-refractivity contribution in [2.45, 2.75) is 6.54 Å². The van der Waals surface area contributed by atoms with Gasteiger partial charge >= 0.3 is 5.97 Å². The second kappa shape index (κ2) is 7.74. The van der Waals surface area contributed by atoms with Gasteiger partial charge in [0, 0.05) is 28.4 Å². The highest BCUT2D eigenvalue weighted by Gasteiger charge is 2.19. The molecule has 0 fully saturated rings. The normalized spacial score (nSPS) is 11.6. The Morgan fingerprint density at radius 1 is 1.25 bits per heavy atom. The largest absolute Gasteiger partial charge is 0.507 e. The van der Waals surface area contributed by atoms with Crippen LogP contribution in [-0.2, 0) is 16.1 Å². The number of rotatable bonds is 6. The third kappa shape index (κ3) is 3.70. The van der Waals surface area contributed by atoms with E-state index in [4.69, 9.17) is 21.4 Å². The summed E-state index contributed by atoms with van der Waals surface area (Å²) in [6, 6.07) is 9.30. The van der Waals surface area contributed by atoms with E-state index in [0.29, 0.717) is 33.3 Å². The lowest BCUT2D eigenvalue weighted by Gasteiger charge is -2.08. The standard InChI is InChI=1S/C20H15ClFNO5/c1-28-18-4-2-3-15-19(18)13(16(24)8-17(25)20(26)27)10-23(15)9-11-7-12(21)5-6-14(11)22/h2-8,10,24H,9H2,1H3,(H,26,27). The SMILES string of the molecule is COc1cccc2c1c(C(O)=CC(=O)C(=O)O)cn2Cc1cc(Cl)ccc1F. The zero-order valence-electron chi connectivity index (χ0n) is 14.6. The molecule has 2 aromatic carbocycles. The lowest BCUT2D eigenvalue weighted by molar-refractivity contribution is -0.146. The number of fused-ring (bicyclic) bond motifs is 1. The van der Waals surface area contributed by atoms with E-state index < -0.39 is 23.3 Å². The molecule has 0 bridgehead atoms. The van der Waals surface area contributed by atoms with Crippen molar-refractivity contribution in [3.05, 3.63) is 70.6 Å². The van der Waals surface area contributed by atoms with Gasteiger partial charge in [-0.3, -0.25) is 4.79 Å². The van der Waals surface area contributed by atoms with Crippen LogP contribution in [0.4, 0.5) is 4.39 Å². The number of nitrogens with zero attached hydrogens (tertiary/aromatic N) is 1. The molecule has 0 atom stereocenters. The summed E-state index contributed by atoms with van der Waals surface area (Å²) < 4.78 is 21.1. The van der Waals surface area contributed by atoms with Gasteiger partial charge in [-0.1, -0.05) is 17.7 Å². The molecule has 0 saturated carbocycles. The van der Waals surface area contributed by atoms with Crippen molar-refractivity contribution in [3.63, 3.8) is 0 Å². The first-order chi connectivity index (χ1) is 13.3. The summed E-state index contributed by atoms with van der Waals surface area (Å²) in [7, 11) is 1.44. The Bertz CT molecular complexity index is 1120. The number of carbonyl (C=O) groups is 2. The third-order valence-electron chi connectivity index (χ3n) is 4.19. The Kier molecular flexibility index (Phi) is 5.37. The van der Waals surface area contributed by atoms with Crippen molar-refractivity contribution < 1.29 is 28.9 Å². The predicted octanol–water partition coefficient (Wildman–Crippen LogP) is 4.04. The Morgan fingerprint density at radius 3 is 2.68 bits per heavy atom. The van der Waals surface area contributed by atoms with Gasteiger partial charge in [-0.25, -0.2) is 9.18 Å². The smallest absolute Gasteiger partial charge is 0.376 e. The van der Waals surface area contributed by atoms with Gasteiger partial charge in [-0.15, -0.1) is 0 Å². The van der Waals surface area contributed by atoms with Gasteiger partial charge in [0.05, 0.1) is 24.6 Å². The first-order valence-corrected chi connectivity index (χ1v) is 8.47. The second-order valence-corrected chi connectivity index (χ2v) is 6.40. The van der Waals surface area contributed by atoms with Gasteiger partial charge in [0.2, 0.25) is 0 Å². The van der Waals surface area contributed by atoms with Crippen LogP contribution in [0.5, 0.6) is 5.75 Å². The zero-order chi connectivity index (χ0) is 20.4. The summed E-state index contributed by atoms with van der Waals surface area (Å²) in [5.41, 5.74) is 1.10. The number of aliphatic hydroxyl groups excluding tert-OH is 1. The minimum Gasteiger partial charge on any atom is -0.507 e. The van der Waals surface area contributed by atoms with E-state index in [2.05, 4.69) is 0 Å². The Hall–Kier alpha value is -3.32. The average molecular weight is 404 g/mol. The summed E-state index contributed by atoms with van der Waals surface area (Å²) in [6.07, 6.45) is 2.11. The summed E-state index contributed by atoms with van der Waals surface area (Å²) in [5, 5.41) is 19.9. The number of carbonyl (C=O) groups excluding carboxylic acids is 1. The Morgan fingerprint density at radius 2 is 2.00 bits per heavy atom. The molecule has 0 unspecified atom stereocenters. The number of aliphatic hydroxyl groups is 1. The molecule has 6 nitrogen and oxygen atoms in total. The van der Waals surface area contributed by atoms with E-state index in [9.17, 15) is 19.1 Å². The molecular weight excluding hydrogens is 389 g/mol. The summed E-state index contributed by atoms with van der Waals surface area (Å²) >= 11 is 5.95. The van der Waals surface area contributed by atoms with Crippen molar-refractivity contribution >= 4 is 40.0 Å². The first-order valence-electron chi connectivity index (χ1n) is 8.10. The number of aromatic nitrogens is 1. The molecule has 0 aliphatic rings. The van der Waals surface area contributed by atoms with E-state index in [1.54, 1.807) is 22.8 Å². The van der Waals surface area contributed by atoms with Crippen LogP contribution < -0.4 is 4.74 Å². The molecular formula is C20H15ClFNO5. The molecule has 1 aromatic heterocycles. The van der Waals surface area contributed by atoms with E-state index in [1.165, 1.54) is 31.5 Å². The fourth-order valence-electron chi connectivity index (χ4n) is 2.93. The molecule has 144 valence electrons. The number of ether oxygens (including phenoxy) is 1. The number of benzene rings is 2. The van der Waals surface area contributed by atoms with Crippen LogP contribution in [-0.4, -0.2) is 33.6 Å². The maximum Gasteiger partial charge on any atom is 0.376 e. The molecule has 0 aliphatic heterocycles. The topological polar surface area (TPSA) is 88.8 Å². The maximum absolute atomic E-state index is 14.2. The number of carboxylic acids is 1. The number of hydrogen-bond acceptors (Lipinski definition) is 4. The number of hydrogen-bond donors (Lipinski definition) is 2. The van der Waals surface area contributed by atoms with Crippen LogP contribution >= 0.6 is 11.6 Å². The van der Waals surface area contributed by atoms with E-state index in [-0.39, 0.29) is 12.1 Å². The fourth-order valence-corrected chi connectivity index (χ4v) is 3.12. The van der Waals surface area contributed by atoms with Gasteiger partial charge in [0.1, 0.15) is 17.3 Å². The highest BCUT2D eigenvalue weighted by molar-refractivity contribution is 6.38. The first kappa shape index (κ1) is 19.4. The van der Waals surface area contributed by atoms with Crippen LogP contribution in [0.3, 0.4) is 0 Å². The number of carboxylic acid groups (broad SMARTS) is 1. The maximum atomic E-state index is 14.2. The monoisotopic (exact) mass is 403 g/mol. The predicted molar refractivity (Wildman–Crippen MR) is 102 cm³/mol. The summed E-state index contributed by atoms with van der Waals surface area (Å²) in [4.78, 5) is 22.2. The van der Waals surface area contributed by atoms with Gasteiger partial charge < -0.3 is 19.5 Å². The van der Waals surface area contributed by atoms with E-state index in [0.717, 1.165) is 0 Å². The van der Waals surface area contributed by atoms with Crippen LogP contribution in [0.25, 0.3) is 16.7 Å². The minimum atomic E-state index is -1.69. The fraction of sp³-hybridized carbons (Fsp3) is 0.100. The molecule has 0 spiro atoms. The van der Waals surface area contributed by atoms with Crippen molar-refractivity contribution in [1.82, 2.24) is 4.57 Å². The van der Waals surface area contributed by atoms with Crippen molar-refractivity contribution in [2.75, 3.05) is 7.11 Å². The number of methoxy groups -OCH3 is 1. The summed E-state index contributed by atoms with van der Waals surface area (Å²) in [6.45, 7) is 0.0935. The van der Waals surface area contributed by atoms with Crippen LogP contribution in [0.1, 0.15) is 11.1 Å². The molecule has 8 heteroatoms. The molecule has 0 amide bonds. The highest BCUT2D eigenvalue weighted by Crippen LogP contribution is 2.34. The molecule has 0 saturated heterocycles. The Balaban J connectivity index is 2.19. The third-order valence-corrected chi connectivity index (χ3v) is 4.43. The van der Waals surface area contributed by atoms with Crippen molar-refractivity contribution in [2.24, 2.45) is 0 Å². The Labute approximate surface area is 164 Å². The zero-order valence-corrected chi connectivity index (χ0v) is 15.4. The number of ketones is 1. The molecule has 0 radical (unpaired) electrons. The second-order valence-electron chi connectivity index (χ2n) is 5.96. The van der Waals surface area contributed by atoms with Gasteiger partial charge in [0.15, 0.2) is 0 Å². The quantitative estimate of drug-likeness (QED) is 0.368. The van der Waals surface area contributed by atoms with Crippen molar-refractivity contribution in [3.8, 4) is 5.75 Å². The van der Waals surface area contributed by atoms with E-state index >= 15 is 0 Å².